The highest BCUT2D eigenvalue weighted by Gasteiger charge is 2.23. The van der Waals surface area contributed by atoms with Crippen LogP contribution in [0.4, 0.5) is 0 Å². The first-order valence-corrected chi connectivity index (χ1v) is 11.6. The van der Waals surface area contributed by atoms with Gasteiger partial charge in [0.15, 0.2) is 0 Å². The van der Waals surface area contributed by atoms with Crippen LogP contribution < -0.4 is 4.74 Å². The second kappa shape index (κ2) is 11.2. The summed E-state index contributed by atoms with van der Waals surface area (Å²) in [5.74, 6) is -0.0867. The Morgan fingerprint density at radius 3 is 2.24 bits per heavy atom. The van der Waals surface area contributed by atoms with Gasteiger partial charge in [-0.1, -0.05) is 54.1 Å². The number of halogens is 1. The third-order valence-electron chi connectivity index (χ3n) is 5.86. The number of hydrogen-bond acceptors (Lipinski definition) is 4. The van der Waals surface area contributed by atoms with Crippen molar-refractivity contribution in [3.05, 3.63) is 100 Å². The fraction of sp³-hybridized carbons (Fsp3) is 0.259. The Morgan fingerprint density at radius 2 is 1.56 bits per heavy atom. The Bertz CT molecular complexity index is 1130. The number of carbonyl (C=O) groups excluding carboxylic acids is 1. The number of carboxylic acids is 1. The van der Waals surface area contributed by atoms with Gasteiger partial charge < -0.3 is 14.7 Å². The monoisotopic (exact) mass is 478 g/mol. The number of rotatable bonds is 8. The molecule has 1 saturated heterocycles. The quantitative estimate of drug-likeness (QED) is 0.516. The van der Waals surface area contributed by atoms with Gasteiger partial charge in [0.05, 0.1) is 6.42 Å². The lowest BCUT2D eigenvalue weighted by atomic mass is 10.1. The van der Waals surface area contributed by atoms with Crippen molar-refractivity contribution in [3.8, 4) is 5.75 Å². The van der Waals surface area contributed by atoms with Crippen LogP contribution in [0, 0.1) is 0 Å². The number of carboxylic acid groups (broad SMARTS) is 1. The van der Waals surface area contributed by atoms with Gasteiger partial charge in [-0.15, -0.1) is 0 Å². The maximum Gasteiger partial charge on any atom is 0.307 e. The lowest BCUT2D eigenvalue weighted by Crippen LogP contribution is -2.48. The van der Waals surface area contributed by atoms with Crippen molar-refractivity contribution in [1.29, 1.82) is 0 Å². The molecule has 3 aromatic carbocycles. The standard InChI is InChI=1S/C27H27ClN2O4/c28-24-9-6-20(7-10-24)19-34-25-11-8-21(17-26(31)32)16-23(25)18-29-12-14-30(15-13-29)27(33)22-4-2-1-3-5-22/h1-11,16H,12-15,17-19H2,(H,31,32). The molecule has 1 aliphatic heterocycles. The van der Waals surface area contributed by atoms with Crippen LogP contribution in [0.15, 0.2) is 72.8 Å². The summed E-state index contributed by atoms with van der Waals surface area (Å²) in [7, 11) is 0. The number of carbonyl (C=O) groups is 2. The Hall–Kier alpha value is -3.35. The van der Waals surface area contributed by atoms with Gasteiger partial charge in [0.2, 0.25) is 0 Å². The number of ether oxygens (including phenoxy) is 1. The van der Waals surface area contributed by atoms with E-state index in [1.807, 2.05) is 71.6 Å². The third kappa shape index (κ3) is 6.37. The molecule has 0 radical (unpaired) electrons. The predicted octanol–water partition coefficient (Wildman–Crippen LogP) is 4.50. The van der Waals surface area contributed by atoms with E-state index >= 15 is 0 Å². The molecular weight excluding hydrogens is 452 g/mol. The Kier molecular flexibility index (Phi) is 7.83. The Morgan fingerprint density at radius 1 is 0.882 bits per heavy atom. The first-order valence-electron chi connectivity index (χ1n) is 11.3. The van der Waals surface area contributed by atoms with E-state index in [0.717, 1.165) is 35.5 Å². The van der Waals surface area contributed by atoms with Gasteiger partial charge >= 0.3 is 5.97 Å². The molecule has 0 aliphatic carbocycles. The van der Waals surface area contributed by atoms with Crippen molar-refractivity contribution >= 4 is 23.5 Å². The average molecular weight is 479 g/mol. The number of benzene rings is 3. The fourth-order valence-corrected chi connectivity index (χ4v) is 4.16. The number of piperazine rings is 1. The van der Waals surface area contributed by atoms with E-state index in [-0.39, 0.29) is 12.3 Å². The van der Waals surface area contributed by atoms with Crippen molar-refractivity contribution < 1.29 is 19.4 Å². The van der Waals surface area contributed by atoms with Gasteiger partial charge in [0.25, 0.3) is 5.91 Å². The summed E-state index contributed by atoms with van der Waals surface area (Å²) in [6.45, 7) is 3.77. The Balaban J connectivity index is 1.42. The van der Waals surface area contributed by atoms with E-state index in [1.54, 1.807) is 6.07 Å². The summed E-state index contributed by atoms with van der Waals surface area (Å²) in [6.07, 6.45) is -0.0379. The summed E-state index contributed by atoms with van der Waals surface area (Å²) in [5, 5.41) is 9.88. The molecule has 3 aromatic rings. The molecule has 0 bridgehead atoms. The molecule has 1 fully saturated rings. The van der Waals surface area contributed by atoms with E-state index < -0.39 is 5.97 Å². The topological polar surface area (TPSA) is 70.1 Å². The third-order valence-corrected chi connectivity index (χ3v) is 6.11. The molecule has 0 saturated carbocycles. The van der Waals surface area contributed by atoms with Crippen molar-refractivity contribution in [2.45, 2.75) is 19.6 Å². The summed E-state index contributed by atoms with van der Waals surface area (Å²) < 4.78 is 6.10. The summed E-state index contributed by atoms with van der Waals surface area (Å²) in [5.41, 5.74) is 3.38. The van der Waals surface area contributed by atoms with Crippen LogP contribution in [0.2, 0.25) is 5.02 Å². The first-order chi connectivity index (χ1) is 16.5. The molecule has 0 aromatic heterocycles. The lowest BCUT2D eigenvalue weighted by molar-refractivity contribution is -0.136. The molecule has 34 heavy (non-hydrogen) atoms. The minimum absolute atomic E-state index is 0.0379. The minimum Gasteiger partial charge on any atom is -0.489 e. The predicted molar refractivity (Wildman–Crippen MR) is 131 cm³/mol. The highest BCUT2D eigenvalue weighted by Crippen LogP contribution is 2.25. The normalized spacial score (nSPS) is 14.1. The van der Waals surface area contributed by atoms with Crippen molar-refractivity contribution in [1.82, 2.24) is 9.80 Å². The minimum atomic E-state index is -0.867. The zero-order chi connectivity index (χ0) is 23.9. The van der Waals surface area contributed by atoms with Crippen LogP contribution in [-0.4, -0.2) is 53.0 Å². The summed E-state index contributed by atoms with van der Waals surface area (Å²) in [6, 6.07) is 22.4. The number of hydrogen-bond donors (Lipinski definition) is 1. The van der Waals surface area contributed by atoms with Crippen molar-refractivity contribution in [2.75, 3.05) is 26.2 Å². The molecule has 6 nitrogen and oxygen atoms in total. The SMILES string of the molecule is O=C(O)Cc1ccc(OCc2ccc(Cl)cc2)c(CN2CCN(C(=O)c3ccccc3)CC2)c1. The molecule has 176 valence electrons. The zero-order valence-electron chi connectivity index (χ0n) is 18.8. The van der Waals surface area contributed by atoms with E-state index in [2.05, 4.69) is 4.90 Å². The van der Waals surface area contributed by atoms with Crippen LogP contribution in [0.25, 0.3) is 0 Å². The lowest BCUT2D eigenvalue weighted by Gasteiger charge is -2.35. The largest absolute Gasteiger partial charge is 0.489 e. The number of amides is 1. The van der Waals surface area contributed by atoms with E-state index in [1.165, 1.54) is 0 Å². The molecule has 4 rings (SSSR count). The number of aliphatic carboxylic acids is 1. The van der Waals surface area contributed by atoms with E-state index in [4.69, 9.17) is 16.3 Å². The maximum atomic E-state index is 12.7. The molecule has 0 spiro atoms. The molecule has 0 atom stereocenters. The summed E-state index contributed by atoms with van der Waals surface area (Å²) in [4.78, 5) is 28.1. The second-order valence-electron chi connectivity index (χ2n) is 8.36. The highest BCUT2D eigenvalue weighted by atomic mass is 35.5. The van der Waals surface area contributed by atoms with Gasteiger partial charge in [-0.3, -0.25) is 14.5 Å². The highest BCUT2D eigenvalue weighted by molar-refractivity contribution is 6.30. The molecular formula is C27H27ClN2O4. The summed E-state index contributed by atoms with van der Waals surface area (Å²) >= 11 is 5.97. The van der Waals surface area contributed by atoms with Crippen LogP contribution in [-0.2, 0) is 24.4 Å². The first kappa shape index (κ1) is 23.8. The molecule has 1 N–H and O–H groups in total. The zero-order valence-corrected chi connectivity index (χ0v) is 19.6. The molecule has 0 unspecified atom stereocenters. The van der Waals surface area contributed by atoms with Crippen molar-refractivity contribution in [3.63, 3.8) is 0 Å². The molecule has 1 aliphatic rings. The Labute approximate surface area is 204 Å². The van der Waals surface area contributed by atoms with Crippen molar-refractivity contribution in [2.24, 2.45) is 0 Å². The molecule has 1 amide bonds. The van der Waals surface area contributed by atoms with Gasteiger partial charge in [-0.2, -0.15) is 0 Å². The van der Waals surface area contributed by atoms with Crippen LogP contribution in [0.5, 0.6) is 5.75 Å². The molecule has 7 heteroatoms. The maximum absolute atomic E-state index is 12.7. The van der Waals surface area contributed by atoms with Crippen LogP contribution in [0.1, 0.15) is 27.0 Å². The second-order valence-corrected chi connectivity index (χ2v) is 8.80. The fourth-order valence-electron chi connectivity index (χ4n) is 4.04. The number of nitrogens with zero attached hydrogens (tertiary/aromatic N) is 2. The van der Waals surface area contributed by atoms with Gasteiger partial charge in [0, 0.05) is 48.9 Å². The van der Waals surface area contributed by atoms with Gasteiger partial charge in [0.1, 0.15) is 12.4 Å². The average Bonchev–Trinajstić information content (AvgIpc) is 2.85. The smallest absolute Gasteiger partial charge is 0.307 e. The van der Waals surface area contributed by atoms with Crippen LogP contribution in [0.3, 0.4) is 0 Å². The van der Waals surface area contributed by atoms with Crippen LogP contribution >= 0.6 is 11.6 Å². The van der Waals surface area contributed by atoms with E-state index in [0.29, 0.717) is 36.8 Å². The molecule has 1 heterocycles. The van der Waals surface area contributed by atoms with Gasteiger partial charge in [-0.25, -0.2) is 0 Å². The van der Waals surface area contributed by atoms with E-state index in [9.17, 15) is 14.7 Å². The van der Waals surface area contributed by atoms with Gasteiger partial charge in [-0.05, 0) is 41.5 Å².